The van der Waals surface area contributed by atoms with Crippen molar-refractivity contribution in [2.75, 3.05) is 12.3 Å². The molecule has 3 heterocycles. The van der Waals surface area contributed by atoms with Gasteiger partial charge in [-0.3, -0.25) is 18.9 Å². The molecule has 3 rings (SSSR count). The summed E-state index contributed by atoms with van der Waals surface area (Å²) < 4.78 is 35.4. The molecular weight excluding hydrogens is 526 g/mol. The van der Waals surface area contributed by atoms with Crippen molar-refractivity contribution in [1.82, 2.24) is 14.8 Å². The number of aliphatic hydroxyl groups excluding tert-OH is 1. The van der Waals surface area contributed by atoms with Crippen molar-refractivity contribution in [2.24, 2.45) is 11.1 Å². The number of Topliss-reactive ketones (excluding diaryl/α,β-unsaturated/α-hetero) is 1. The van der Waals surface area contributed by atoms with E-state index in [0.29, 0.717) is 16.0 Å². The molecule has 1 aliphatic rings. The minimum atomic E-state index is -4.98. The zero-order chi connectivity index (χ0) is 27.0. The third-order valence-corrected chi connectivity index (χ3v) is 6.28. The van der Waals surface area contributed by atoms with E-state index in [-0.39, 0.29) is 16.5 Å². The number of hydrogen-bond acceptors (Lipinski definition) is 14. The number of aromatic hydroxyl groups is 1. The zero-order valence-corrected chi connectivity index (χ0v) is 20.3. The van der Waals surface area contributed by atoms with Gasteiger partial charge in [0.25, 0.3) is 5.91 Å². The molecule has 1 fully saturated rings. The maximum Gasteiger partial charge on any atom is 0.418 e. The highest BCUT2D eigenvalue weighted by Crippen LogP contribution is 2.40. The Morgan fingerprint density at radius 1 is 1.39 bits per heavy atom. The van der Waals surface area contributed by atoms with Crippen LogP contribution in [0.15, 0.2) is 27.6 Å². The molecule has 0 spiro atoms. The van der Waals surface area contributed by atoms with Crippen LogP contribution < -0.4 is 11.2 Å². The van der Waals surface area contributed by atoms with Gasteiger partial charge in [0, 0.05) is 17.9 Å². The summed E-state index contributed by atoms with van der Waals surface area (Å²) in [6.45, 7) is 1.99. The van der Waals surface area contributed by atoms with Crippen LogP contribution in [0.5, 0.6) is 5.75 Å². The van der Waals surface area contributed by atoms with E-state index in [1.54, 1.807) is 0 Å². The molecule has 0 aromatic carbocycles. The Balaban J connectivity index is 1.88. The number of aromatic nitrogens is 2. The summed E-state index contributed by atoms with van der Waals surface area (Å²) in [7, 11) is -4.98. The van der Waals surface area contributed by atoms with E-state index in [9.17, 15) is 38.2 Å². The highest BCUT2D eigenvalue weighted by molar-refractivity contribution is 7.80. The molecule has 2 aromatic rings. The van der Waals surface area contributed by atoms with Gasteiger partial charge in [-0.1, -0.05) is 5.16 Å². The molecule has 1 amide bonds. The Kier molecular flexibility index (Phi) is 7.37. The number of oxime groups is 1. The van der Waals surface area contributed by atoms with Crippen LogP contribution in [-0.2, 0) is 29.1 Å². The number of aliphatic hydroxyl groups is 1. The molecule has 0 bridgehead atoms. The number of ketones is 1. The van der Waals surface area contributed by atoms with E-state index in [1.807, 2.05) is 0 Å². The monoisotopic (exact) mass is 547 g/mol. The highest BCUT2D eigenvalue weighted by atomic mass is 32.3. The molecule has 2 atom stereocenters. The normalized spacial score (nSPS) is 18.6. The molecule has 0 saturated carbocycles. The van der Waals surface area contributed by atoms with Crippen molar-refractivity contribution < 1.29 is 47.1 Å². The number of rotatable bonds is 10. The fraction of sp³-hybridized carbons (Fsp3) is 0.389. The van der Waals surface area contributed by atoms with Gasteiger partial charge in [-0.05, 0) is 13.8 Å². The molecule has 2 aromatic heterocycles. The van der Waals surface area contributed by atoms with E-state index in [1.165, 1.54) is 19.2 Å². The van der Waals surface area contributed by atoms with Crippen LogP contribution in [0.25, 0.3) is 0 Å². The fourth-order valence-corrected chi connectivity index (χ4v) is 4.35. The Labute approximate surface area is 206 Å². The van der Waals surface area contributed by atoms with Gasteiger partial charge in [0.05, 0.1) is 24.3 Å². The number of nitrogens with two attached hydrogens (primary N) is 1. The van der Waals surface area contributed by atoms with Crippen molar-refractivity contribution in [3.8, 4) is 5.75 Å². The Morgan fingerprint density at radius 2 is 2.06 bits per heavy atom. The molecule has 0 radical (unpaired) electrons. The third kappa shape index (κ3) is 5.46. The zero-order valence-electron chi connectivity index (χ0n) is 18.6. The fourth-order valence-electron chi connectivity index (χ4n) is 3.35. The Hall–Kier alpha value is -3.58. The second-order valence-electron chi connectivity index (χ2n) is 8.05. The second kappa shape index (κ2) is 9.82. The highest BCUT2D eigenvalue weighted by Gasteiger charge is 2.57. The first-order chi connectivity index (χ1) is 16.7. The van der Waals surface area contributed by atoms with Crippen LogP contribution in [-0.4, -0.2) is 72.7 Å². The van der Waals surface area contributed by atoms with E-state index in [4.69, 9.17) is 15.1 Å². The number of hydroxylamine groups is 2. The molecule has 196 valence electrons. The van der Waals surface area contributed by atoms with E-state index >= 15 is 0 Å². The predicted molar refractivity (Wildman–Crippen MR) is 120 cm³/mol. The van der Waals surface area contributed by atoms with E-state index in [0.717, 1.165) is 17.4 Å². The van der Waals surface area contributed by atoms with Crippen LogP contribution in [0.2, 0.25) is 0 Å². The minimum Gasteiger partial charge on any atom is -0.503 e. The summed E-state index contributed by atoms with van der Waals surface area (Å²) in [5.41, 5.74) is 2.66. The maximum absolute atomic E-state index is 13.1. The number of amides is 1. The number of anilines is 1. The van der Waals surface area contributed by atoms with Gasteiger partial charge in [0.1, 0.15) is 11.4 Å². The number of nitrogen functional groups attached to an aromatic ring is 1. The molecule has 18 heteroatoms. The lowest BCUT2D eigenvalue weighted by Gasteiger charge is -2.50. The quantitative estimate of drug-likeness (QED) is 0.0806. The van der Waals surface area contributed by atoms with E-state index in [2.05, 4.69) is 14.4 Å². The number of nitrogens with zero attached hydrogens (tertiary/aromatic N) is 4. The summed E-state index contributed by atoms with van der Waals surface area (Å²) in [4.78, 5) is 46.4. The van der Waals surface area contributed by atoms with Crippen LogP contribution >= 0.6 is 11.3 Å². The van der Waals surface area contributed by atoms with Gasteiger partial charge in [-0.2, -0.15) is 18.2 Å². The maximum atomic E-state index is 13.1. The first kappa shape index (κ1) is 27.0. The molecule has 36 heavy (non-hydrogen) atoms. The summed E-state index contributed by atoms with van der Waals surface area (Å²) in [5, 5.41) is 34.6. The van der Waals surface area contributed by atoms with Crippen molar-refractivity contribution in [2.45, 2.75) is 31.9 Å². The van der Waals surface area contributed by atoms with E-state index < -0.39 is 69.6 Å². The number of carbonyl (C=O) groups excluding carboxylic acids is 2. The number of hydrogen-bond donors (Lipinski definition) is 5. The SMILES string of the molecule is CC1(C)[C@H](CC(=O)/C(=N\OC(CO)c2cc(=O)c(O)cn2O)c2csc(N)n2)C(=O)N1OS(=O)(=O)O. The van der Waals surface area contributed by atoms with Crippen LogP contribution in [0.1, 0.15) is 37.8 Å². The van der Waals surface area contributed by atoms with Crippen molar-refractivity contribution in [3.05, 3.63) is 39.3 Å². The number of pyridine rings is 1. The topological polar surface area (TPSA) is 244 Å². The number of β-lactam (4-membered cyclic amide) rings is 1. The largest absolute Gasteiger partial charge is 0.503 e. The number of carbonyl (C=O) groups is 2. The molecule has 0 aliphatic carbocycles. The summed E-state index contributed by atoms with van der Waals surface area (Å²) >= 11 is 0.964. The first-order valence-electron chi connectivity index (χ1n) is 9.90. The van der Waals surface area contributed by atoms with Crippen molar-refractivity contribution >= 4 is 44.3 Å². The predicted octanol–water partition coefficient (Wildman–Crippen LogP) is -0.785. The van der Waals surface area contributed by atoms with Gasteiger partial charge in [-0.25, -0.2) is 4.98 Å². The molecular formula is C18H21N5O11S2. The van der Waals surface area contributed by atoms with Gasteiger partial charge in [0.15, 0.2) is 28.5 Å². The Morgan fingerprint density at radius 3 is 2.58 bits per heavy atom. The lowest BCUT2D eigenvalue weighted by atomic mass is 9.74. The molecule has 1 aliphatic heterocycles. The standard InChI is InChI=1S/C18H21N5O11S2/c1-18(2)8(16(28)23(18)34-36(30,31)32)3-12(26)15(9-7-35-17(19)20-9)21-33-14(6-24)10-4-11(25)13(27)5-22(10)29/h4-5,7-8,14,24,27,29H,3,6H2,1-2H3,(H2,19,20)(H,30,31,32)/b21-15-/t8-,14?/m1/s1. The van der Waals surface area contributed by atoms with Gasteiger partial charge in [0.2, 0.25) is 5.43 Å². The summed E-state index contributed by atoms with van der Waals surface area (Å²) in [6.07, 6.45) is -1.31. The first-order valence-corrected chi connectivity index (χ1v) is 12.1. The number of thiazole rings is 1. The average Bonchev–Trinajstić information content (AvgIpc) is 3.21. The van der Waals surface area contributed by atoms with Crippen molar-refractivity contribution in [3.63, 3.8) is 0 Å². The Bertz CT molecular complexity index is 1380. The minimum absolute atomic E-state index is 0.0399. The molecule has 6 N–H and O–H groups in total. The summed E-state index contributed by atoms with van der Waals surface area (Å²) in [5.74, 6) is -3.54. The van der Waals surface area contributed by atoms with Crippen LogP contribution in [0, 0.1) is 5.92 Å². The lowest BCUT2D eigenvalue weighted by Crippen LogP contribution is -2.68. The van der Waals surface area contributed by atoms with Crippen LogP contribution in [0.4, 0.5) is 5.13 Å². The summed E-state index contributed by atoms with van der Waals surface area (Å²) in [6, 6.07) is 0.785. The smallest absolute Gasteiger partial charge is 0.418 e. The van der Waals surface area contributed by atoms with Gasteiger partial charge >= 0.3 is 10.4 Å². The van der Waals surface area contributed by atoms with Gasteiger partial charge < -0.3 is 26.0 Å². The second-order valence-corrected chi connectivity index (χ2v) is 9.94. The molecule has 1 unspecified atom stereocenters. The molecule has 16 nitrogen and oxygen atoms in total. The molecule has 1 saturated heterocycles. The third-order valence-electron chi connectivity index (χ3n) is 5.27. The van der Waals surface area contributed by atoms with Gasteiger partial charge in [-0.15, -0.1) is 15.6 Å². The van der Waals surface area contributed by atoms with Crippen LogP contribution in [0.3, 0.4) is 0 Å². The van der Waals surface area contributed by atoms with Crippen molar-refractivity contribution in [1.29, 1.82) is 0 Å². The lowest BCUT2D eigenvalue weighted by molar-refractivity contribution is -0.228. The average molecular weight is 548 g/mol.